The highest BCUT2D eigenvalue weighted by Gasteiger charge is 2.14. The van der Waals surface area contributed by atoms with Crippen LogP contribution >= 0.6 is 0 Å². The van der Waals surface area contributed by atoms with Gasteiger partial charge in [0.2, 0.25) is 0 Å². The van der Waals surface area contributed by atoms with E-state index in [1.807, 2.05) is 0 Å². The van der Waals surface area contributed by atoms with Crippen LogP contribution in [-0.4, -0.2) is 34.1 Å². The Hall–Kier alpha value is -1.93. The minimum Gasteiger partial charge on any atom is -0.326 e. The molecule has 0 radical (unpaired) electrons. The second-order valence-electron chi connectivity index (χ2n) is 5.55. The van der Waals surface area contributed by atoms with Crippen LogP contribution in [0.1, 0.15) is 25.1 Å². The topological polar surface area (TPSA) is 44.9 Å². The van der Waals surface area contributed by atoms with Crippen LogP contribution in [0.2, 0.25) is 0 Å². The third kappa shape index (κ3) is 3.06. The Morgan fingerprint density at radius 3 is 2.76 bits per heavy atom. The Kier molecular flexibility index (Phi) is 4.16. The number of hydrogen-bond acceptors (Lipinski definition) is 3. The molecule has 0 unspecified atom stereocenters. The van der Waals surface area contributed by atoms with Gasteiger partial charge in [0.25, 0.3) is 0 Å². The third-order valence-corrected chi connectivity index (χ3v) is 4.12. The number of likely N-dealkylation sites (tertiary alicyclic amines) is 1. The van der Waals surface area contributed by atoms with Crippen molar-refractivity contribution >= 4 is 11.0 Å². The average molecular weight is 286 g/mol. The molecule has 0 bridgehead atoms. The van der Waals surface area contributed by atoms with Crippen LogP contribution in [-0.2, 0) is 13.0 Å². The SMILES string of the molecule is N#CCc1nc2cc(F)ccc2n1CCN1CCCCC1. The zero-order chi connectivity index (χ0) is 14.7. The van der Waals surface area contributed by atoms with E-state index >= 15 is 0 Å². The fraction of sp³-hybridized carbons (Fsp3) is 0.500. The maximum Gasteiger partial charge on any atom is 0.125 e. The fourth-order valence-corrected chi connectivity index (χ4v) is 3.03. The smallest absolute Gasteiger partial charge is 0.125 e. The van der Waals surface area contributed by atoms with Crippen LogP contribution in [0.15, 0.2) is 18.2 Å². The van der Waals surface area contributed by atoms with Crippen molar-refractivity contribution in [2.24, 2.45) is 0 Å². The molecule has 0 saturated carbocycles. The Labute approximate surface area is 123 Å². The molecule has 1 aliphatic heterocycles. The Morgan fingerprint density at radius 2 is 2.00 bits per heavy atom. The molecule has 1 aliphatic rings. The Bertz CT molecular complexity index is 665. The quantitative estimate of drug-likeness (QED) is 0.868. The molecule has 1 saturated heterocycles. The lowest BCUT2D eigenvalue weighted by Crippen LogP contribution is -2.32. The monoisotopic (exact) mass is 286 g/mol. The van der Waals surface area contributed by atoms with Gasteiger partial charge in [-0.15, -0.1) is 0 Å². The molecule has 3 rings (SSSR count). The average Bonchev–Trinajstić information content (AvgIpc) is 2.83. The van der Waals surface area contributed by atoms with Gasteiger partial charge in [-0.25, -0.2) is 9.37 Å². The van der Waals surface area contributed by atoms with Gasteiger partial charge < -0.3 is 9.47 Å². The van der Waals surface area contributed by atoms with Gasteiger partial charge in [0, 0.05) is 19.2 Å². The third-order valence-electron chi connectivity index (χ3n) is 4.12. The van der Waals surface area contributed by atoms with E-state index in [1.165, 1.54) is 31.4 Å². The Morgan fingerprint density at radius 1 is 1.19 bits per heavy atom. The number of fused-ring (bicyclic) bond motifs is 1. The number of aromatic nitrogens is 2. The van der Waals surface area contributed by atoms with Gasteiger partial charge in [-0.1, -0.05) is 6.42 Å². The second-order valence-corrected chi connectivity index (χ2v) is 5.55. The van der Waals surface area contributed by atoms with Crippen LogP contribution in [0.4, 0.5) is 4.39 Å². The van der Waals surface area contributed by atoms with E-state index in [0.717, 1.165) is 37.5 Å². The van der Waals surface area contributed by atoms with Crippen LogP contribution in [0.25, 0.3) is 11.0 Å². The second kappa shape index (κ2) is 6.23. The number of piperidine rings is 1. The molecule has 4 nitrogen and oxygen atoms in total. The van der Waals surface area contributed by atoms with Gasteiger partial charge in [-0.2, -0.15) is 5.26 Å². The summed E-state index contributed by atoms with van der Waals surface area (Å²) in [6.45, 7) is 4.06. The molecular formula is C16H19FN4. The number of nitriles is 1. The highest BCUT2D eigenvalue weighted by molar-refractivity contribution is 5.76. The summed E-state index contributed by atoms with van der Waals surface area (Å²) in [5.41, 5.74) is 1.55. The predicted molar refractivity (Wildman–Crippen MR) is 79.3 cm³/mol. The first-order valence-corrected chi connectivity index (χ1v) is 7.52. The number of halogens is 1. The molecule has 1 aromatic heterocycles. The van der Waals surface area contributed by atoms with E-state index < -0.39 is 0 Å². The van der Waals surface area contributed by atoms with Crippen molar-refractivity contribution in [1.82, 2.24) is 14.5 Å². The van der Waals surface area contributed by atoms with Crippen LogP contribution < -0.4 is 0 Å². The van der Waals surface area contributed by atoms with Crippen molar-refractivity contribution in [2.45, 2.75) is 32.2 Å². The molecule has 5 heteroatoms. The zero-order valence-electron chi connectivity index (χ0n) is 12.1. The summed E-state index contributed by atoms with van der Waals surface area (Å²) in [6.07, 6.45) is 4.11. The molecule has 0 N–H and O–H groups in total. The summed E-state index contributed by atoms with van der Waals surface area (Å²) in [6, 6.07) is 6.80. The van der Waals surface area contributed by atoms with Gasteiger partial charge in [0.15, 0.2) is 0 Å². The normalized spacial score (nSPS) is 16.2. The fourth-order valence-electron chi connectivity index (χ4n) is 3.03. The van der Waals surface area contributed by atoms with Crippen molar-refractivity contribution in [3.8, 4) is 6.07 Å². The molecular weight excluding hydrogens is 267 g/mol. The van der Waals surface area contributed by atoms with Gasteiger partial charge in [-0.3, -0.25) is 0 Å². The number of benzene rings is 1. The molecule has 1 fully saturated rings. The lowest BCUT2D eigenvalue weighted by Gasteiger charge is -2.26. The van der Waals surface area contributed by atoms with Crippen molar-refractivity contribution in [3.05, 3.63) is 29.8 Å². The summed E-state index contributed by atoms with van der Waals surface area (Å²) in [5.74, 6) is 0.446. The maximum atomic E-state index is 13.3. The van der Waals surface area contributed by atoms with E-state index in [0.29, 0.717) is 5.52 Å². The van der Waals surface area contributed by atoms with Gasteiger partial charge in [0.1, 0.15) is 11.6 Å². The first-order valence-electron chi connectivity index (χ1n) is 7.52. The molecule has 0 aliphatic carbocycles. The highest BCUT2D eigenvalue weighted by Crippen LogP contribution is 2.18. The molecule has 0 spiro atoms. The lowest BCUT2D eigenvalue weighted by atomic mass is 10.1. The highest BCUT2D eigenvalue weighted by atomic mass is 19.1. The van der Waals surface area contributed by atoms with E-state index in [2.05, 4.69) is 20.5 Å². The number of hydrogen-bond donors (Lipinski definition) is 0. The molecule has 21 heavy (non-hydrogen) atoms. The largest absolute Gasteiger partial charge is 0.326 e. The summed E-state index contributed by atoms with van der Waals surface area (Å²) in [5, 5.41) is 8.95. The van der Waals surface area contributed by atoms with E-state index in [-0.39, 0.29) is 12.2 Å². The standard InChI is InChI=1S/C16H19FN4/c17-13-4-5-15-14(12-13)19-16(6-7-18)21(15)11-10-20-8-2-1-3-9-20/h4-5,12H,1-3,6,8-11H2. The van der Waals surface area contributed by atoms with Gasteiger partial charge >= 0.3 is 0 Å². The van der Waals surface area contributed by atoms with Crippen LogP contribution in [0, 0.1) is 17.1 Å². The summed E-state index contributed by atoms with van der Waals surface area (Å²) < 4.78 is 15.4. The molecule has 0 atom stereocenters. The number of nitrogens with zero attached hydrogens (tertiary/aromatic N) is 4. The van der Waals surface area contributed by atoms with Gasteiger partial charge in [-0.05, 0) is 38.1 Å². The van der Waals surface area contributed by atoms with Crippen molar-refractivity contribution in [3.63, 3.8) is 0 Å². The summed E-state index contributed by atoms with van der Waals surface area (Å²) in [7, 11) is 0. The molecule has 0 amide bonds. The molecule has 1 aromatic carbocycles. The minimum atomic E-state index is -0.285. The minimum absolute atomic E-state index is 0.260. The lowest BCUT2D eigenvalue weighted by molar-refractivity contribution is 0.221. The molecule has 110 valence electrons. The van der Waals surface area contributed by atoms with Crippen LogP contribution in [0.5, 0.6) is 0 Å². The molecule has 2 heterocycles. The van der Waals surface area contributed by atoms with Gasteiger partial charge in [0.05, 0.1) is 23.5 Å². The van der Waals surface area contributed by atoms with E-state index in [4.69, 9.17) is 5.26 Å². The van der Waals surface area contributed by atoms with Crippen molar-refractivity contribution < 1.29 is 4.39 Å². The van der Waals surface area contributed by atoms with Crippen molar-refractivity contribution in [2.75, 3.05) is 19.6 Å². The first-order chi connectivity index (χ1) is 10.3. The number of imidazole rings is 1. The maximum absolute atomic E-state index is 13.3. The summed E-state index contributed by atoms with van der Waals surface area (Å²) >= 11 is 0. The molecule has 2 aromatic rings. The first kappa shape index (κ1) is 14.0. The van der Waals surface area contributed by atoms with E-state index in [1.54, 1.807) is 6.07 Å². The van der Waals surface area contributed by atoms with E-state index in [9.17, 15) is 4.39 Å². The van der Waals surface area contributed by atoms with Crippen LogP contribution in [0.3, 0.4) is 0 Å². The number of rotatable bonds is 4. The Balaban J connectivity index is 1.84. The predicted octanol–water partition coefficient (Wildman–Crippen LogP) is 2.73. The zero-order valence-corrected chi connectivity index (χ0v) is 12.1. The summed E-state index contributed by atoms with van der Waals surface area (Å²) in [4.78, 5) is 6.86. The van der Waals surface area contributed by atoms with Crippen molar-refractivity contribution in [1.29, 1.82) is 5.26 Å².